The van der Waals surface area contributed by atoms with Crippen LogP contribution in [0.2, 0.25) is 0 Å². The van der Waals surface area contributed by atoms with Gasteiger partial charge in [0.15, 0.2) is 0 Å². The van der Waals surface area contributed by atoms with Gasteiger partial charge >= 0.3 is 6.18 Å². The summed E-state index contributed by atoms with van der Waals surface area (Å²) in [6.07, 6.45) is -5.33. The minimum atomic E-state index is -4.20. The fourth-order valence-corrected chi connectivity index (χ4v) is 1.57. The van der Waals surface area contributed by atoms with Crippen molar-refractivity contribution in [3.63, 3.8) is 0 Å². The Morgan fingerprint density at radius 2 is 1.81 bits per heavy atom. The standard InChI is InChI=1S/C11H9BrF3N/c12-10-3-1-8(2-4-10)9(7-16)5-6-11(13,14)15/h1-4,9H,5-6H2/t9-/m1/s1. The molecule has 1 aromatic carbocycles. The molecule has 0 spiro atoms. The molecule has 0 heterocycles. The fraction of sp³-hybridized carbons (Fsp3) is 0.364. The second-order valence-corrected chi connectivity index (χ2v) is 4.30. The van der Waals surface area contributed by atoms with Gasteiger partial charge < -0.3 is 0 Å². The van der Waals surface area contributed by atoms with Crippen LogP contribution in [0.1, 0.15) is 24.3 Å². The van der Waals surface area contributed by atoms with E-state index in [4.69, 9.17) is 5.26 Å². The molecule has 0 aliphatic heterocycles. The topological polar surface area (TPSA) is 23.8 Å². The maximum atomic E-state index is 12.0. The largest absolute Gasteiger partial charge is 0.389 e. The monoisotopic (exact) mass is 291 g/mol. The normalized spacial score (nSPS) is 13.2. The summed E-state index contributed by atoms with van der Waals surface area (Å²) in [4.78, 5) is 0. The Morgan fingerprint density at radius 1 is 1.25 bits per heavy atom. The molecule has 5 heteroatoms. The van der Waals surface area contributed by atoms with Gasteiger partial charge in [0.25, 0.3) is 0 Å². The first-order chi connectivity index (χ1) is 7.42. The second-order valence-electron chi connectivity index (χ2n) is 3.39. The van der Waals surface area contributed by atoms with Gasteiger partial charge in [-0.25, -0.2) is 0 Å². The molecule has 0 amide bonds. The number of nitrogens with zero attached hydrogens (tertiary/aromatic N) is 1. The van der Waals surface area contributed by atoms with Crippen molar-refractivity contribution < 1.29 is 13.2 Å². The zero-order valence-electron chi connectivity index (χ0n) is 8.26. The van der Waals surface area contributed by atoms with Gasteiger partial charge in [-0.2, -0.15) is 18.4 Å². The van der Waals surface area contributed by atoms with E-state index in [-0.39, 0.29) is 6.42 Å². The highest BCUT2D eigenvalue weighted by Crippen LogP contribution is 2.29. The van der Waals surface area contributed by atoms with Crippen molar-refractivity contribution in [2.75, 3.05) is 0 Å². The van der Waals surface area contributed by atoms with Crippen LogP contribution in [-0.4, -0.2) is 6.18 Å². The van der Waals surface area contributed by atoms with Crippen molar-refractivity contribution in [3.05, 3.63) is 34.3 Å². The Labute approximate surface area is 100 Å². The lowest BCUT2D eigenvalue weighted by Crippen LogP contribution is -2.09. The summed E-state index contributed by atoms with van der Waals surface area (Å²) in [6.45, 7) is 0. The first kappa shape index (κ1) is 13.0. The average molecular weight is 292 g/mol. The third kappa shape index (κ3) is 4.23. The number of benzene rings is 1. The molecule has 1 atom stereocenters. The Kier molecular flexibility index (Phi) is 4.36. The van der Waals surface area contributed by atoms with Crippen LogP contribution in [-0.2, 0) is 0 Å². The molecule has 0 N–H and O–H groups in total. The van der Waals surface area contributed by atoms with E-state index in [1.165, 1.54) is 0 Å². The van der Waals surface area contributed by atoms with Crippen molar-refractivity contribution in [1.29, 1.82) is 5.26 Å². The van der Waals surface area contributed by atoms with E-state index in [0.29, 0.717) is 5.56 Å². The number of nitriles is 1. The molecule has 1 aromatic rings. The Balaban J connectivity index is 2.69. The zero-order valence-corrected chi connectivity index (χ0v) is 9.85. The molecule has 0 fully saturated rings. The molecule has 0 aromatic heterocycles. The number of halogens is 4. The molecular weight excluding hydrogens is 283 g/mol. The van der Waals surface area contributed by atoms with Crippen LogP contribution in [0, 0.1) is 11.3 Å². The van der Waals surface area contributed by atoms with Crippen LogP contribution in [0.15, 0.2) is 28.7 Å². The van der Waals surface area contributed by atoms with E-state index >= 15 is 0 Å². The van der Waals surface area contributed by atoms with Gasteiger partial charge in [-0.3, -0.25) is 0 Å². The lowest BCUT2D eigenvalue weighted by molar-refractivity contribution is -0.135. The summed E-state index contributed by atoms with van der Waals surface area (Å²) in [7, 11) is 0. The quantitative estimate of drug-likeness (QED) is 0.810. The second kappa shape index (κ2) is 5.35. The fourth-order valence-electron chi connectivity index (χ4n) is 1.31. The van der Waals surface area contributed by atoms with Crippen LogP contribution in [0.25, 0.3) is 0 Å². The van der Waals surface area contributed by atoms with Crippen molar-refractivity contribution in [2.24, 2.45) is 0 Å². The van der Waals surface area contributed by atoms with Gasteiger partial charge in [-0.15, -0.1) is 0 Å². The van der Waals surface area contributed by atoms with Crippen molar-refractivity contribution in [2.45, 2.75) is 24.9 Å². The third-order valence-corrected chi connectivity index (χ3v) is 2.67. The molecule has 0 bridgehead atoms. The molecule has 0 saturated heterocycles. The first-order valence-corrected chi connectivity index (χ1v) is 5.43. The number of hydrogen-bond donors (Lipinski definition) is 0. The summed E-state index contributed by atoms with van der Waals surface area (Å²) < 4.78 is 36.9. The van der Waals surface area contributed by atoms with Crippen LogP contribution in [0.3, 0.4) is 0 Å². The van der Waals surface area contributed by atoms with Crippen LogP contribution in [0.4, 0.5) is 13.2 Å². The first-order valence-electron chi connectivity index (χ1n) is 4.64. The van der Waals surface area contributed by atoms with Crippen molar-refractivity contribution in [1.82, 2.24) is 0 Å². The SMILES string of the molecule is N#C[C@@H](CCC(F)(F)F)c1ccc(Br)cc1. The van der Waals surface area contributed by atoms with Crippen molar-refractivity contribution >= 4 is 15.9 Å². The van der Waals surface area contributed by atoms with E-state index in [2.05, 4.69) is 15.9 Å². The molecule has 0 aliphatic carbocycles. The zero-order chi connectivity index (χ0) is 12.2. The van der Waals surface area contributed by atoms with Crippen molar-refractivity contribution in [3.8, 4) is 6.07 Å². The van der Waals surface area contributed by atoms with Gasteiger partial charge in [0.1, 0.15) is 0 Å². The molecule has 86 valence electrons. The lowest BCUT2D eigenvalue weighted by atomic mass is 9.96. The minimum absolute atomic E-state index is 0.193. The summed E-state index contributed by atoms with van der Waals surface area (Å²) in [6, 6.07) is 8.65. The highest BCUT2D eigenvalue weighted by atomic mass is 79.9. The molecule has 0 aliphatic rings. The molecule has 0 unspecified atom stereocenters. The average Bonchev–Trinajstić information content (AvgIpc) is 2.20. The third-order valence-electron chi connectivity index (χ3n) is 2.14. The number of hydrogen-bond acceptors (Lipinski definition) is 1. The highest BCUT2D eigenvalue weighted by Gasteiger charge is 2.28. The molecule has 0 radical (unpaired) electrons. The van der Waals surface area contributed by atoms with Crippen LogP contribution < -0.4 is 0 Å². The van der Waals surface area contributed by atoms with Gasteiger partial charge in [-0.1, -0.05) is 28.1 Å². The Morgan fingerprint density at radius 3 is 2.25 bits per heavy atom. The van der Waals surface area contributed by atoms with E-state index in [0.717, 1.165) is 4.47 Å². The summed E-state index contributed by atoms with van der Waals surface area (Å²) in [5, 5.41) is 8.82. The summed E-state index contributed by atoms with van der Waals surface area (Å²) in [5.74, 6) is -0.699. The Bertz CT molecular complexity index is 378. The van der Waals surface area contributed by atoms with Gasteiger partial charge in [0, 0.05) is 10.9 Å². The molecule has 0 saturated carbocycles. The van der Waals surface area contributed by atoms with E-state index < -0.39 is 18.5 Å². The van der Waals surface area contributed by atoms with Crippen LogP contribution in [0.5, 0.6) is 0 Å². The van der Waals surface area contributed by atoms with Gasteiger partial charge in [-0.05, 0) is 24.1 Å². The predicted molar refractivity (Wildman–Crippen MR) is 57.8 cm³/mol. The van der Waals surface area contributed by atoms with Crippen LogP contribution >= 0.6 is 15.9 Å². The minimum Gasteiger partial charge on any atom is -0.198 e. The van der Waals surface area contributed by atoms with E-state index in [9.17, 15) is 13.2 Å². The van der Waals surface area contributed by atoms with Gasteiger partial charge in [0.05, 0.1) is 12.0 Å². The number of rotatable bonds is 3. The number of alkyl halides is 3. The predicted octanol–water partition coefficient (Wildman–Crippen LogP) is 4.40. The molecular formula is C11H9BrF3N. The smallest absolute Gasteiger partial charge is 0.198 e. The maximum Gasteiger partial charge on any atom is 0.389 e. The Hall–Kier alpha value is -1.02. The highest BCUT2D eigenvalue weighted by molar-refractivity contribution is 9.10. The summed E-state index contributed by atoms with van der Waals surface area (Å²) in [5.41, 5.74) is 0.620. The maximum absolute atomic E-state index is 12.0. The molecule has 16 heavy (non-hydrogen) atoms. The lowest BCUT2D eigenvalue weighted by Gasteiger charge is -2.11. The van der Waals surface area contributed by atoms with E-state index in [1.807, 2.05) is 6.07 Å². The van der Waals surface area contributed by atoms with Gasteiger partial charge in [0.2, 0.25) is 0 Å². The summed E-state index contributed by atoms with van der Waals surface area (Å²) >= 11 is 3.22. The van der Waals surface area contributed by atoms with E-state index in [1.54, 1.807) is 24.3 Å². The molecule has 1 rings (SSSR count). The molecule has 1 nitrogen and oxygen atoms in total.